The van der Waals surface area contributed by atoms with E-state index in [1.807, 2.05) is 0 Å². The highest BCUT2D eigenvalue weighted by Gasteiger charge is 2.34. The molecule has 0 spiro atoms. The molecule has 0 atom stereocenters. The molecule has 1 N–H and O–H groups in total. The topological polar surface area (TPSA) is 83.7 Å². The minimum Gasteiger partial charge on any atom is -0.502 e. The summed E-state index contributed by atoms with van der Waals surface area (Å²) in [5.74, 6) is -0.389. The van der Waals surface area contributed by atoms with Crippen LogP contribution in [0.15, 0.2) is 18.2 Å². The number of aromatic hydroxyl groups is 1. The number of nitro benzene ring substituents is 1. The molecular weight excluding hydrogens is 272 g/mol. The summed E-state index contributed by atoms with van der Waals surface area (Å²) in [6.45, 7) is 4.78. The highest BCUT2D eigenvalue weighted by molar-refractivity contribution is 5.98. The van der Waals surface area contributed by atoms with Gasteiger partial charge in [-0.3, -0.25) is 14.9 Å². The lowest BCUT2D eigenvalue weighted by Gasteiger charge is -2.23. The van der Waals surface area contributed by atoms with Crippen LogP contribution in [0.1, 0.15) is 43.5 Å². The zero-order valence-corrected chi connectivity index (χ0v) is 12.3. The van der Waals surface area contributed by atoms with E-state index >= 15 is 0 Å². The van der Waals surface area contributed by atoms with Gasteiger partial charge in [0, 0.05) is 18.7 Å². The molecule has 114 valence electrons. The van der Waals surface area contributed by atoms with Gasteiger partial charge in [-0.05, 0) is 31.2 Å². The van der Waals surface area contributed by atoms with Crippen LogP contribution < -0.4 is 0 Å². The van der Waals surface area contributed by atoms with Crippen molar-refractivity contribution in [1.82, 2.24) is 4.90 Å². The molecule has 0 heterocycles. The maximum atomic E-state index is 12.6. The Morgan fingerprint density at radius 1 is 1.48 bits per heavy atom. The predicted octanol–water partition coefficient (Wildman–Crippen LogP) is 2.95. The van der Waals surface area contributed by atoms with Crippen molar-refractivity contribution in [2.45, 2.75) is 39.2 Å². The van der Waals surface area contributed by atoms with Gasteiger partial charge in [-0.15, -0.1) is 0 Å². The molecule has 0 aliphatic heterocycles. The molecule has 6 nitrogen and oxygen atoms in total. The Balaban J connectivity index is 2.24. The van der Waals surface area contributed by atoms with E-state index in [-0.39, 0.29) is 17.5 Å². The molecule has 0 saturated heterocycles. The molecule has 0 aromatic heterocycles. The molecule has 6 heteroatoms. The zero-order chi connectivity index (χ0) is 15.6. The first-order chi connectivity index (χ1) is 9.91. The van der Waals surface area contributed by atoms with Gasteiger partial charge in [0.1, 0.15) is 0 Å². The lowest BCUT2D eigenvalue weighted by molar-refractivity contribution is -0.385. The lowest BCUT2D eigenvalue weighted by Crippen LogP contribution is -2.34. The van der Waals surface area contributed by atoms with Gasteiger partial charge >= 0.3 is 5.69 Å². The molecule has 1 aromatic carbocycles. The fraction of sp³-hybridized carbons (Fsp3) is 0.533. The summed E-state index contributed by atoms with van der Waals surface area (Å²) in [4.78, 5) is 24.5. The van der Waals surface area contributed by atoms with Crippen molar-refractivity contribution in [3.05, 3.63) is 33.9 Å². The second-order valence-corrected chi connectivity index (χ2v) is 5.84. The van der Waals surface area contributed by atoms with E-state index in [1.165, 1.54) is 18.2 Å². The first-order valence-electron chi connectivity index (χ1n) is 7.19. The van der Waals surface area contributed by atoms with Gasteiger partial charge in [0.15, 0.2) is 0 Å². The van der Waals surface area contributed by atoms with Crippen molar-refractivity contribution in [3.8, 4) is 5.75 Å². The van der Waals surface area contributed by atoms with Crippen LogP contribution >= 0.6 is 0 Å². The van der Waals surface area contributed by atoms with Gasteiger partial charge in [0.05, 0.1) is 10.5 Å². The Bertz CT molecular complexity index is 553. The number of hydrogen-bond donors (Lipinski definition) is 1. The minimum absolute atomic E-state index is 0.0138. The fourth-order valence-corrected chi connectivity index (χ4v) is 2.24. The summed E-state index contributed by atoms with van der Waals surface area (Å²) in [6.07, 6.45) is 2.79. The molecule has 1 saturated carbocycles. The van der Waals surface area contributed by atoms with Gasteiger partial charge in [0.2, 0.25) is 5.75 Å². The van der Waals surface area contributed by atoms with Gasteiger partial charge in [-0.25, -0.2) is 0 Å². The van der Waals surface area contributed by atoms with Crippen LogP contribution in [-0.4, -0.2) is 33.4 Å². The highest BCUT2D eigenvalue weighted by Crippen LogP contribution is 2.34. The van der Waals surface area contributed by atoms with Crippen LogP contribution in [0.4, 0.5) is 5.69 Å². The molecule has 1 aromatic rings. The van der Waals surface area contributed by atoms with E-state index in [1.54, 1.807) is 4.90 Å². The van der Waals surface area contributed by atoms with Gasteiger partial charge in [-0.1, -0.05) is 19.9 Å². The van der Waals surface area contributed by atoms with Crippen molar-refractivity contribution in [2.24, 2.45) is 5.92 Å². The Morgan fingerprint density at radius 3 is 2.67 bits per heavy atom. The van der Waals surface area contributed by atoms with Crippen molar-refractivity contribution >= 4 is 11.6 Å². The number of carbonyl (C=O) groups excluding carboxylic acids is 1. The average molecular weight is 292 g/mol. The van der Waals surface area contributed by atoms with E-state index in [0.29, 0.717) is 12.5 Å². The smallest absolute Gasteiger partial charge is 0.311 e. The van der Waals surface area contributed by atoms with Crippen molar-refractivity contribution in [1.29, 1.82) is 0 Å². The third-order valence-corrected chi connectivity index (χ3v) is 3.64. The second-order valence-electron chi connectivity index (χ2n) is 5.84. The van der Waals surface area contributed by atoms with E-state index in [4.69, 9.17) is 0 Å². The number of benzene rings is 1. The fourth-order valence-electron chi connectivity index (χ4n) is 2.24. The SMILES string of the molecule is CC(C)CCN(C(=O)c1cccc([N+](=O)[O-])c1O)C1CC1. The summed E-state index contributed by atoms with van der Waals surface area (Å²) in [6, 6.07) is 4.27. The Labute approximate surface area is 123 Å². The van der Waals surface area contributed by atoms with E-state index in [9.17, 15) is 20.0 Å². The van der Waals surface area contributed by atoms with Crippen LogP contribution in [-0.2, 0) is 0 Å². The van der Waals surface area contributed by atoms with Crippen LogP contribution in [0.5, 0.6) is 5.75 Å². The molecule has 0 radical (unpaired) electrons. The zero-order valence-electron chi connectivity index (χ0n) is 12.3. The van der Waals surface area contributed by atoms with Crippen molar-refractivity contribution < 1.29 is 14.8 Å². The van der Waals surface area contributed by atoms with E-state index in [0.717, 1.165) is 19.3 Å². The standard InChI is InChI=1S/C15H20N2O4/c1-10(2)8-9-16(11-6-7-11)15(19)12-4-3-5-13(14(12)18)17(20)21/h3-5,10-11,18H,6-9H2,1-2H3. The number of para-hydroxylation sites is 1. The van der Waals surface area contributed by atoms with Crippen molar-refractivity contribution in [2.75, 3.05) is 6.54 Å². The van der Waals surface area contributed by atoms with Gasteiger partial charge in [0.25, 0.3) is 5.91 Å². The predicted molar refractivity (Wildman–Crippen MR) is 78.3 cm³/mol. The summed E-state index contributed by atoms with van der Waals surface area (Å²) < 4.78 is 0. The largest absolute Gasteiger partial charge is 0.502 e. The molecule has 2 rings (SSSR count). The molecule has 1 aliphatic rings. The van der Waals surface area contributed by atoms with Gasteiger partial charge < -0.3 is 10.0 Å². The number of carbonyl (C=O) groups is 1. The number of nitro groups is 1. The molecule has 0 unspecified atom stereocenters. The lowest BCUT2D eigenvalue weighted by atomic mass is 10.1. The monoisotopic (exact) mass is 292 g/mol. The minimum atomic E-state index is -0.679. The molecule has 1 fully saturated rings. The third-order valence-electron chi connectivity index (χ3n) is 3.64. The summed E-state index contributed by atoms with van der Waals surface area (Å²) >= 11 is 0. The van der Waals surface area contributed by atoms with Crippen LogP contribution in [0, 0.1) is 16.0 Å². The maximum Gasteiger partial charge on any atom is 0.311 e. The van der Waals surface area contributed by atoms with E-state index < -0.39 is 16.4 Å². The van der Waals surface area contributed by atoms with Crippen molar-refractivity contribution in [3.63, 3.8) is 0 Å². The Morgan fingerprint density at radius 2 is 2.14 bits per heavy atom. The van der Waals surface area contributed by atoms with Crippen LogP contribution in [0.25, 0.3) is 0 Å². The number of phenols is 1. The first kappa shape index (κ1) is 15.3. The molecule has 1 amide bonds. The Kier molecular flexibility index (Phi) is 4.45. The van der Waals surface area contributed by atoms with E-state index in [2.05, 4.69) is 13.8 Å². The van der Waals surface area contributed by atoms with Crippen LogP contribution in [0.2, 0.25) is 0 Å². The molecule has 1 aliphatic carbocycles. The molecule has 0 bridgehead atoms. The number of rotatable bonds is 6. The second kappa shape index (κ2) is 6.11. The number of nitrogens with zero attached hydrogens (tertiary/aromatic N) is 2. The molecule has 21 heavy (non-hydrogen) atoms. The number of phenolic OH excluding ortho intramolecular Hbond substituents is 1. The number of amides is 1. The number of hydrogen-bond acceptors (Lipinski definition) is 4. The summed E-state index contributed by atoms with van der Waals surface area (Å²) in [5, 5.41) is 20.8. The first-order valence-corrected chi connectivity index (χ1v) is 7.19. The highest BCUT2D eigenvalue weighted by atomic mass is 16.6. The van der Waals surface area contributed by atoms with Gasteiger partial charge in [-0.2, -0.15) is 0 Å². The van der Waals surface area contributed by atoms with Crippen LogP contribution in [0.3, 0.4) is 0 Å². The third kappa shape index (κ3) is 3.51. The quantitative estimate of drug-likeness (QED) is 0.645. The summed E-state index contributed by atoms with van der Waals surface area (Å²) in [7, 11) is 0. The molecular formula is C15H20N2O4. The average Bonchev–Trinajstić information content (AvgIpc) is 3.22. The summed E-state index contributed by atoms with van der Waals surface area (Å²) in [5.41, 5.74) is -0.416. The Hall–Kier alpha value is -2.11. The maximum absolute atomic E-state index is 12.6. The normalized spacial score (nSPS) is 14.2.